The molecule has 1 heterocycles. The molecule has 1 N–H and O–H groups in total. The fourth-order valence-corrected chi connectivity index (χ4v) is 1.92. The fraction of sp³-hybridized carbons (Fsp3) is 0.154. The predicted molar refractivity (Wildman–Crippen MR) is 73.5 cm³/mol. The van der Waals surface area contributed by atoms with Gasteiger partial charge < -0.3 is 10.1 Å². The number of hydrogen-bond donors (Lipinski definition) is 1. The number of nitrogens with one attached hydrogen (secondary N) is 1. The van der Waals surface area contributed by atoms with Crippen molar-refractivity contribution >= 4 is 23.2 Å². The van der Waals surface area contributed by atoms with Gasteiger partial charge in [-0.05, 0) is 24.7 Å². The van der Waals surface area contributed by atoms with Crippen LogP contribution in [0.2, 0.25) is 10.0 Å². The fourth-order valence-electron chi connectivity index (χ4n) is 1.52. The summed E-state index contributed by atoms with van der Waals surface area (Å²) in [6.07, 6.45) is 3.13. The first-order chi connectivity index (χ1) is 8.69. The van der Waals surface area contributed by atoms with E-state index in [1.807, 2.05) is 25.2 Å². The van der Waals surface area contributed by atoms with Crippen LogP contribution in [0.1, 0.15) is 5.56 Å². The minimum Gasteiger partial charge on any atom is -0.454 e. The molecule has 0 aliphatic rings. The lowest BCUT2D eigenvalue weighted by Gasteiger charge is -2.09. The quantitative estimate of drug-likeness (QED) is 0.924. The minimum absolute atomic E-state index is 0.524. The second-order valence-corrected chi connectivity index (χ2v) is 4.58. The van der Waals surface area contributed by atoms with Crippen LogP contribution in [-0.2, 0) is 6.54 Å². The lowest BCUT2D eigenvalue weighted by Crippen LogP contribution is -2.04. The van der Waals surface area contributed by atoms with Gasteiger partial charge in [0.2, 0.25) is 0 Å². The van der Waals surface area contributed by atoms with Crippen molar-refractivity contribution in [3.05, 3.63) is 52.3 Å². The van der Waals surface area contributed by atoms with E-state index in [9.17, 15) is 0 Å². The van der Waals surface area contributed by atoms with Crippen molar-refractivity contribution in [2.75, 3.05) is 7.05 Å². The molecule has 0 aliphatic heterocycles. The van der Waals surface area contributed by atoms with Crippen LogP contribution >= 0.6 is 23.2 Å². The predicted octanol–water partition coefficient (Wildman–Crippen LogP) is 3.90. The molecule has 18 heavy (non-hydrogen) atoms. The zero-order valence-electron chi connectivity index (χ0n) is 9.78. The van der Waals surface area contributed by atoms with E-state index in [-0.39, 0.29) is 0 Å². The number of pyridine rings is 1. The number of hydrogen-bond acceptors (Lipinski definition) is 3. The van der Waals surface area contributed by atoms with Crippen LogP contribution in [0.15, 0.2) is 36.7 Å². The summed E-state index contributed by atoms with van der Waals surface area (Å²) < 4.78 is 5.62. The number of nitrogens with zero attached hydrogens (tertiary/aromatic N) is 1. The van der Waals surface area contributed by atoms with E-state index in [4.69, 9.17) is 27.9 Å². The molecule has 1 aromatic heterocycles. The standard InChI is InChI=1S/C13H12Cl2N2O/c1-16-6-9-2-3-13(12(15)4-9)18-11-5-10(14)7-17-8-11/h2-5,7-8,16H,6H2,1H3. The summed E-state index contributed by atoms with van der Waals surface area (Å²) in [4.78, 5) is 3.95. The van der Waals surface area contributed by atoms with Gasteiger partial charge in [0.05, 0.1) is 16.2 Å². The van der Waals surface area contributed by atoms with Gasteiger partial charge in [-0.1, -0.05) is 29.3 Å². The van der Waals surface area contributed by atoms with Gasteiger partial charge in [-0.2, -0.15) is 0 Å². The largest absolute Gasteiger partial charge is 0.454 e. The van der Waals surface area contributed by atoms with Crippen molar-refractivity contribution in [2.24, 2.45) is 0 Å². The van der Waals surface area contributed by atoms with Crippen LogP contribution in [0.5, 0.6) is 11.5 Å². The van der Waals surface area contributed by atoms with Gasteiger partial charge in [-0.25, -0.2) is 0 Å². The smallest absolute Gasteiger partial charge is 0.147 e. The third-order valence-corrected chi connectivity index (χ3v) is 2.79. The Hall–Kier alpha value is -1.29. The lowest BCUT2D eigenvalue weighted by atomic mass is 10.2. The van der Waals surface area contributed by atoms with Gasteiger partial charge in [0.1, 0.15) is 11.5 Å². The second kappa shape index (κ2) is 6.05. The highest BCUT2D eigenvalue weighted by molar-refractivity contribution is 6.32. The summed E-state index contributed by atoms with van der Waals surface area (Å²) >= 11 is 12.0. The van der Waals surface area contributed by atoms with Crippen LogP contribution in [-0.4, -0.2) is 12.0 Å². The van der Waals surface area contributed by atoms with Crippen molar-refractivity contribution in [2.45, 2.75) is 6.54 Å². The monoisotopic (exact) mass is 282 g/mol. The number of benzene rings is 1. The molecule has 0 amide bonds. The molecule has 2 rings (SSSR count). The van der Waals surface area contributed by atoms with E-state index in [1.54, 1.807) is 18.5 Å². The molecular formula is C13H12Cl2N2O. The first-order valence-electron chi connectivity index (χ1n) is 5.40. The Morgan fingerprint density at radius 1 is 1.22 bits per heavy atom. The van der Waals surface area contributed by atoms with Crippen LogP contribution in [0.25, 0.3) is 0 Å². The molecule has 0 spiro atoms. The highest BCUT2D eigenvalue weighted by Gasteiger charge is 2.05. The molecule has 0 unspecified atom stereocenters. The topological polar surface area (TPSA) is 34.1 Å². The Kier molecular flexibility index (Phi) is 4.42. The zero-order valence-corrected chi connectivity index (χ0v) is 11.3. The van der Waals surface area contributed by atoms with Crippen molar-refractivity contribution in [3.8, 4) is 11.5 Å². The molecule has 1 aromatic carbocycles. The molecule has 0 atom stereocenters. The molecule has 2 aromatic rings. The zero-order chi connectivity index (χ0) is 13.0. The Morgan fingerprint density at radius 2 is 2.06 bits per heavy atom. The van der Waals surface area contributed by atoms with Crippen LogP contribution in [0.3, 0.4) is 0 Å². The van der Waals surface area contributed by atoms with Crippen molar-refractivity contribution in [1.29, 1.82) is 0 Å². The normalized spacial score (nSPS) is 10.4. The summed E-state index contributed by atoms with van der Waals surface area (Å²) in [6.45, 7) is 0.763. The van der Waals surface area contributed by atoms with E-state index in [1.165, 1.54) is 0 Å². The number of aromatic nitrogens is 1. The molecule has 0 fully saturated rings. The van der Waals surface area contributed by atoms with Gasteiger partial charge in [-0.15, -0.1) is 0 Å². The van der Waals surface area contributed by atoms with Gasteiger partial charge >= 0.3 is 0 Å². The lowest BCUT2D eigenvalue weighted by molar-refractivity contribution is 0.480. The Labute approximate surface area is 116 Å². The maximum atomic E-state index is 6.15. The summed E-state index contributed by atoms with van der Waals surface area (Å²) in [5, 5.41) is 4.14. The van der Waals surface area contributed by atoms with Crippen molar-refractivity contribution in [3.63, 3.8) is 0 Å². The highest BCUT2D eigenvalue weighted by Crippen LogP contribution is 2.30. The second-order valence-electron chi connectivity index (χ2n) is 3.74. The van der Waals surface area contributed by atoms with E-state index in [0.717, 1.165) is 12.1 Å². The van der Waals surface area contributed by atoms with E-state index >= 15 is 0 Å². The average molecular weight is 283 g/mol. The minimum atomic E-state index is 0.524. The van der Waals surface area contributed by atoms with Gasteiger partial charge in [0, 0.05) is 18.8 Å². The number of halogens is 2. The maximum absolute atomic E-state index is 6.15. The Balaban J connectivity index is 2.19. The SMILES string of the molecule is CNCc1ccc(Oc2cncc(Cl)c2)c(Cl)c1. The molecule has 5 heteroatoms. The summed E-state index contributed by atoms with van der Waals surface area (Å²) in [6, 6.07) is 7.34. The van der Waals surface area contributed by atoms with E-state index in [0.29, 0.717) is 21.5 Å². The van der Waals surface area contributed by atoms with Crippen LogP contribution < -0.4 is 10.1 Å². The summed E-state index contributed by atoms with van der Waals surface area (Å²) in [5.74, 6) is 1.14. The molecule has 94 valence electrons. The molecule has 3 nitrogen and oxygen atoms in total. The third-order valence-electron chi connectivity index (χ3n) is 2.28. The Morgan fingerprint density at radius 3 is 2.72 bits per heavy atom. The molecule has 0 bridgehead atoms. The average Bonchev–Trinajstić information content (AvgIpc) is 2.33. The molecule has 0 saturated heterocycles. The van der Waals surface area contributed by atoms with Crippen LogP contribution in [0.4, 0.5) is 0 Å². The van der Waals surface area contributed by atoms with Gasteiger partial charge in [-0.3, -0.25) is 4.98 Å². The number of rotatable bonds is 4. The van der Waals surface area contributed by atoms with E-state index in [2.05, 4.69) is 10.3 Å². The van der Waals surface area contributed by atoms with Gasteiger partial charge in [0.15, 0.2) is 0 Å². The van der Waals surface area contributed by atoms with Gasteiger partial charge in [0.25, 0.3) is 0 Å². The van der Waals surface area contributed by atoms with Crippen molar-refractivity contribution in [1.82, 2.24) is 10.3 Å². The highest BCUT2D eigenvalue weighted by atomic mass is 35.5. The first kappa shape index (κ1) is 13.1. The summed E-state index contributed by atoms with van der Waals surface area (Å²) in [5.41, 5.74) is 1.10. The van der Waals surface area contributed by atoms with E-state index < -0.39 is 0 Å². The molecule has 0 aliphatic carbocycles. The number of ether oxygens (including phenoxy) is 1. The maximum Gasteiger partial charge on any atom is 0.147 e. The van der Waals surface area contributed by atoms with Crippen LogP contribution in [0, 0.1) is 0 Å². The molecule has 0 saturated carbocycles. The summed E-state index contributed by atoms with van der Waals surface area (Å²) in [7, 11) is 1.88. The first-order valence-corrected chi connectivity index (χ1v) is 6.16. The molecular weight excluding hydrogens is 271 g/mol. The Bertz CT molecular complexity index is 546. The van der Waals surface area contributed by atoms with Crippen molar-refractivity contribution < 1.29 is 4.74 Å². The third kappa shape index (κ3) is 3.35. The molecule has 0 radical (unpaired) electrons.